The van der Waals surface area contributed by atoms with Crippen LogP contribution in [0.15, 0.2) is 17.3 Å². The summed E-state index contributed by atoms with van der Waals surface area (Å²) in [6.07, 6.45) is 3.31. The van der Waals surface area contributed by atoms with E-state index in [1.54, 1.807) is 7.05 Å². The lowest BCUT2D eigenvalue weighted by Gasteiger charge is -2.32. The Balaban J connectivity index is 2.77. The molecule has 23 heavy (non-hydrogen) atoms. The van der Waals surface area contributed by atoms with Crippen LogP contribution in [0.1, 0.15) is 34.1 Å². The summed E-state index contributed by atoms with van der Waals surface area (Å²) in [7, 11) is -2.18. The van der Waals surface area contributed by atoms with E-state index in [1.165, 1.54) is 24.0 Å². The highest BCUT2D eigenvalue weighted by Crippen LogP contribution is 2.15. The van der Waals surface area contributed by atoms with Crippen LogP contribution in [0.5, 0.6) is 0 Å². The molecule has 0 fully saturated rings. The molecule has 1 heterocycles. The Bertz CT molecular complexity index is 641. The first kappa shape index (κ1) is 19.6. The van der Waals surface area contributed by atoms with Crippen LogP contribution in [0.3, 0.4) is 0 Å². The minimum Gasteiger partial charge on any atom is -0.348 e. The molecule has 2 atom stereocenters. The van der Waals surface area contributed by atoms with E-state index in [0.29, 0.717) is 12.3 Å². The largest absolute Gasteiger partial charge is 0.348 e. The zero-order valence-corrected chi connectivity index (χ0v) is 15.1. The summed E-state index contributed by atoms with van der Waals surface area (Å²) >= 11 is 0. The first-order valence-corrected chi connectivity index (χ1v) is 9.00. The summed E-state index contributed by atoms with van der Waals surface area (Å²) in [5.74, 6) is -0.0580. The summed E-state index contributed by atoms with van der Waals surface area (Å²) in [5, 5.41) is 6.66. The summed E-state index contributed by atoms with van der Waals surface area (Å²) in [5.41, 5.74) is 5.19. The van der Waals surface area contributed by atoms with Gasteiger partial charge in [0.1, 0.15) is 4.90 Å². The van der Waals surface area contributed by atoms with Crippen LogP contribution in [0.4, 0.5) is 0 Å². The molecule has 0 spiro atoms. The highest BCUT2D eigenvalue weighted by molar-refractivity contribution is 7.89. The molecule has 0 saturated heterocycles. The predicted molar refractivity (Wildman–Crippen MR) is 88.0 cm³/mol. The van der Waals surface area contributed by atoms with Crippen LogP contribution in [-0.2, 0) is 21.9 Å². The Hall–Kier alpha value is -1.45. The quantitative estimate of drug-likeness (QED) is 0.611. The average molecular weight is 345 g/mol. The number of sulfonamides is 1. The van der Waals surface area contributed by atoms with Crippen LogP contribution >= 0.6 is 0 Å². The smallest absolute Gasteiger partial charge is 0.244 e. The number of hydrogen-bond acceptors (Lipinski definition) is 5. The van der Waals surface area contributed by atoms with Crippen molar-refractivity contribution in [1.82, 2.24) is 19.8 Å². The van der Waals surface area contributed by atoms with Crippen LogP contribution in [-0.4, -0.2) is 42.2 Å². The number of aromatic nitrogens is 2. The standard InChI is InChI=1S/C14H27N5O3S/c1-10(2)6-14(4,9-15)17-13(20)11(3)18-23(21,22)12-7-16-19(5)8-12/h7-8,10-11,18H,6,9,15H2,1-5H3,(H,17,20). The third-order valence-corrected chi connectivity index (χ3v) is 4.95. The fraction of sp³-hybridized carbons (Fsp3) is 0.714. The molecule has 1 aromatic heterocycles. The van der Waals surface area contributed by atoms with Gasteiger partial charge in [0.2, 0.25) is 15.9 Å². The number of nitrogens with two attached hydrogens (primary N) is 1. The molecule has 9 heteroatoms. The molecule has 1 amide bonds. The second kappa shape index (κ2) is 7.41. The molecule has 8 nitrogen and oxygen atoms in total. The SMILES string of the molecule is CC(C)CC(C)(CN)NC(=O)C(C)NS(=O)(=O)c1cnn(C)c1. The molecule has 0 bridgehead atoms. The molecule has 0 aliphatic heterocycles. The number of amides is 1. The molecule has 1 rings (SSSR count). The molecular formula is C14H27N5O3S. The number of aryl methyl sites for hydroxylation is 1. The van der Waals surface area contributed by atoms with Gasteiger partial charge in [-0.1, -0.05) is 13.8 Å². The maximum atomic E-state index is 12.3. The zero-order valence-electron chi connectivity index (χ0n) is 14.3. The Labute approximate surface area is 137 Å². The monoisotopic (exact) mass is 345 g/mol. The maximum Gasteiger partial charge on any atom is 0.244 e. The highest BCUT2D eigenvalue weighted by atomic mass is 32.2. The van der Waals surface area contributed by atoms with Crippen LogP contribution in [0.2, 0.25) is 0 Å². The molecule has 4 N–H and O–H groups in total. The zero-order chi connectivity index (χ0) is 17.8. The van der Waals surface area contributed by atoms with Crippen LogP contribution in [0.25, 0.3) is 0 Å². The number of nitrogens with one attached hydrogen (secondary N) is 2. The molecular weight excluding hydrogens is 318 g/mol. The van der Waals surface area contributed by atoms with E-state index in [0.717, 1.165) is 0 Å². The van der Waals surface area contributed by atoms with Crippen molar-refractivity contribution in [1.29, 1.82) is 0 Å². The summed E-state index contributed by atoms with van der Waals surface area (Å²) in [6, 6.07) is -0.918. The summed E-state index contributed by atoms with van der Waals surface area (Å²) < 4.78 is 28.1. The van der Waals surface area contributed by atoms with Crippen molar-refractivity contribution in [2.24, 2.45) is 18.7 Å². The minimum absolute atomic E-state index is 0.0171. The van der Waals surface area contributed by atoms with Gasteiger partial charge in [-0.2, -0.15) is 9.82 Å². The number of carbonyl (C=O) groups excluding carboxylic acids is 1. The lowest BCUT2D eigenvalue weighted by Crippen LogP contribution is -2.57. The predicted octanol–water partition coefficient (Wildman–Crippen LogP) is -0.0334. The van der Waals surface area contributed by atoms with Gasteiger partial charge in [-0.3, -0.25) is 9.48 Å². The number of hydrogen-bond donors (Lipinski definition) is 3. The van der Waals surface area contributed by atoms with E-state index in [2.05, 4.69) is 15.1 Å². The highest BCUT2D eigenvalue weighted by Gasteiger charge is 2.30. The number of nitrogens with zero attached hydrogens (tertiary/aromatic N) is 2. The van der Waals surface area contributed by atoms with Crippen molar-refractivity contribution in [3.63, 3.8) is 0 Å². The maximum absolute atomic E-state index is 12.3. The molecule has 0 aromatic carbocycles. The van der Waals surface area contributed by atoms with Gasteiger partial charge in [0.25, 0.3) is 0 Å². The van der Waals surface area contributed by atoms with Crippen molar-refractivity contribution in [2.45, 2.75) is 50.6 Å². The lowest BCUT2D eigenvalue weighted by atomic mass is 9.90. The van der Waals surface area contributed by atoms with Gasteiger partial charge in [-0.15, -0.1) is 0 Å². The van der Waals surface area contributed by atoms with Crippen molar-refractivity contribution < 1.29 is 13.2 Å². The molecule has 2 unspecified atom stereocenters. The van der Waals surface area contributed by atoms with Gasteiger partial charge in [0.05, 0.1) is 12.2 Å². The molecule has 0 radical (unpaired) electrons. The van der Waals surface area contributed by atoms with Crippen molar-refractivity contribution in [3.05, 3.63) is 12.4 Å². The Morgan fingerprint density at radius 2 is 2.04 bits per heavy atom. The Morgan fingerprint density at radius 1 is 1.43 bits per heavy atom. The molecule has 0 aliphatic rings. The Morgan fingerprint density at radius 3 is 2.48 bits per heavy atom. The first-order valence-electron chi connectivity index (χ1n) is 7.52. The van der Waals surface area contributed by atoms with E-state index in [-0.39, 0.29) is 11.4 Å². The number of carbonyl (C=O) groups is 1. The van der Waals surface area contributed by atoms with Gasteiger partial charge in [-0.05, 0) is 26.2 Å². The molecule has 0 saturated carbocycles. The van der Waals surface area contributed by atoms with E-state index in [4.69, 9.17) is 5.73 Å². The summed E-state index contributed by atoms with van der Waals surface area (Å²) in [4.78, 5) is 12.3. The van der Waals surface area contributed by atoms with Crippen molar-refractivity contribution in [3.8, 4) is 0 Å². The fourth-order valence-electron chi connectivity index (χ4n) is 2.38. The van der Waals surface area contributed by atoms with Gasteiger partial charge >= 0.3 is 0 Å². The molecule has 0 aliphatic carbocycles. The van der Waals surface area contributed by atoms with E-state index >= 15 is 0 Å². The van der Waals surface area contributed by atoms with Gasteiger partial charge in [0.15, 0.2) is 0 Å². The third-order valence-electron chi connectivity index (χ3n) is 3.45. The van der Waals surface area contributed by atoms with Crippen molar-refractivity contribution >= 4 is 15.9 Å². The average Bonchev–Trinajstić information content (AvgIpc) is 2.84. The van der Waals surface area contributed by atoms with Gasteiger partial charge in [-0.25, -0.2) is 8.42 Å². The lowest BCUT2D eigenvalue weighted by molar-refractivity contribution is -0.124. The van der Waals surface area contributed by atoms with Crippen molar-refractivity contribution in [2.75, 3.05) is 6.54 Å². The number of rotatable bonds is 8. The normalized spacial score (nSPS) is 16.1. The van der Waals surface area contributed by atoms with Crippen LogP contribution < -0.4 is 15.8 Å². The van der Waals surface area contributed by atoms with Gasteiger partial charge in [0, 0.05) is 25.3 Å². The summed E-state index contributed by atoms with van der Waals surface area (Å²) in [6.45, 7) is 7.70. The minimum atomic E-state index is -3.79. The molecule has 132 valence electrons. The first-order chi connectivity index (χ1) is 10.5. The fourth-order valence-corrected chi connectivity index (χ4v) is 3.57. The van der Waals surface area contributed by atoms with Crippen LogP contribution in [0, 0.1) is 5.92 Å². The third kappa shape index (κ3) is 5.60. The molecule has 1 aromatic rings. The second-order valence-electron chi connectivity index (χ2n) is 6.54. The Kier molecular flexibility index (Phi) is 6.32. The van der Waals surface area contributed by atoms with Gasteiger partial charge < -0.3 is 11.1 Å². The second-order valence-corrected chi connectivity index (χ2v) is 8.26. The van der Waals surface area contributed by atoms with E-state index in [9.17, 15) is 13.2 Å². The van der Waals surface area contributed by atoms with E-state index < -0.39 is 27.5 Å². The topological polar surface area (TPSA) is 119 Å². The van der Waals surface area contributed by atoms with E-state index in [1.807, 2.05) is 20.8 Å².